The second-order valence-corrected chi connectivity index (χ2v) is 9.02. The standard InChI is InChI=1S/C24H33NO3/c1-23(2,3)17-24(4,5)18-10-12-20(13-11-18)28-15-14-22(26)25-19-8-7-9-21(16-19)27-6/h7-13,16H,14-15,17H2,1-6H3,(H,25,26). The van der Waals surface area contributed by atoms with Gasteiger partial charge in [0.1, 0.15) is 11.5 Å². The highest BCUT2D eigenvalue weighted by atomic mass is 16.5. The van der Waals surface area contributed by atoms with Crippen LogP contribution >= 0.6 is 0 Å². The van der Waals surface area contributed by atoms with Crippen LogP contribution in [0.5, 0.6) is 11.5 Å². The lowest BCUT2D eigenvalue weighted by Crippen LogP contribution is -2.24. The second kappa shape index (κ2) is 9.13. The Kier molecular flexibility index (Phi) is 7.11. The zero-order valence-electron chi connectivity index (χ0n) is 18.0. The molecule has 0 saturated carbocycles. The third-order valence-corrected chi connectivity index (χ3v) is 4.56. The molecular formula is C24H33NO3. The first-order valence-electron chi connectivity index (χ1n) is 9.76. The van der Waals surface area contributed by atoms with Crippen molar-refractivity contribution in [3.05, 3.63) is 54.1 Å². The molecule has 0 radical (unpaired) electrons. The van der Waals surface area contributed by atoms with Crippen LogP contribution in [-0.4, -0.2) is 19.6 Å². The number of carbonyl (C=O) groups excluding carboxylic acids is 1. The van der Waals surface area contributed by atoms with Gasteiger partial charge in [-0.3, -0.25) is 4.79 Å². The average molecular weight is 384 g/mol. The van der Waals surface area contributed by atoms with Gasteiger partial charge in [-0.2, -0.15) is 0 Å². The van der Waals surface area contributed by atoms with Crippen molar-refractivity contribution >= 4 is 11.6 Å². The molecule has 0 aliphatic rings. The van der Waals surface area contributed by atoms with E-state index in [1.807, 2.05) is 30.3 Å². The number of hydrogen-bond donors (Lipinski definition) is 1. The van der Waals surface area contributed by atoms with Crippen LogP contribution in [0, 0.1) is 5.41 Å². The molecule has 4 nitrogen and oxygen atoms in total. The van der Waals surface area contributed by atoms with Crippen LogP contribution in [0.4, 0.5) is 5.69 Å². The smallest absolute Gasteiger partial charge is 0.227 e. The zero-order valence-corrected chi connectivity index (χ0v) is 18.0. The minimum absolute atomic E-state index is 0.0869. The minimum atomic E-state index is -0.0869. The number of benzene rings is 2. The van der Waals surface area contributed by atoms with Crippen molar-refractivity contribution in [3.8, 4) is 11.5 Å². The molecule has 2 aromatic rings. The molecule has 0 aliphatic heterocycles. The van der Waals surface area contributed by atoms with Gasteiger partial charge in [0.2, 0.25) is 5.91 Å². The summed E-state index contributed by atoms with van der Waals surface area (Å²) in [5, 5.41) is 2.85. The van der Waals surface area contributed by atoms with E-state index in [4.69, 9.17) is 9.47 Å². The van der Waals surface area contributed by atoms with Crippen molar-refractivity contribution in [3.63, 3.8) is 0 Å². The van der Waals surface area contributed by atoms with E-state index < -0.39 is 0 Å². The van der Waals surface area contributed by atoms with Gasteiger partial charge in [0, 0.05) is 11.8 Å². The topological polar surface area (TPSA) is 47.6 Å². The molecule has 0 unspecified atom stereocenters. The number of carbonyl (C=O) groups is 1. The van der Waals surface area contributed by atoms with E-state index in [9.17, 15) is 4.79 Å². The van der Waals surface area contributed by atoms with Crippen molar-refractivity contribution in [2.75, 3.05) is 19.0 Å². The van der Waals surface area contributed by atoms with Crippen LogP contribution in [0.25, 0.3) is 0 Å². The molecule has 0 aromatic heterocycles. The normalized spacial score (nSPS) is 11.8. The van der Waals surface area contributed by atoms with Gasteiger partial charge in [0.05, 0.1) is 20.1 Å². The van der Waals surface area contributed by atoms with Crippen LogP contribution in [0.15, 0.2) is 48.5 Å². The molecule has 0 spiro atoms. The van der Waals surface area contributed by atoms with E-state index in [1.54, 1.807) is 13.2 Å². The Morgan fingerprint density at radius 2 is 1.64 bits per heavy atom. The van der Waals surface area contributed by atoms with Crippen molar-refractivity contribution in [2.24, 2.45) is 5.41 Å². The van der Waals surface area contributed by atoms with Gasteiger partial charge in [0.15, 0.2) is 0 Å². The number of hydrogen-bond acceptors (Lipinski definition) is 3. The first-order valence-corrected chi connectivity index (χ1v) is 9.76. The van der Waals surface area contributed by atoms with Crippen molar-refractivity contribution in [2.45, 2.75) is 52.9 Å². The molecule has 152 valence electrons. The molecule has 28 heavy (non-hydrogen) atoms. The first kappa shape index (κ1) is 21.8. The van der Waals surface area contributed by atoms with E-state index >= 15 is 0 Å². The Balaban J connectivity index is 1.83. The van der Waals surface area contributed by atoms with Crippen LogP contribution in [0.2, 0.25) is 0 Å². The molecule has 1 N–H and O–H groups in total. The zero-order chi connectivity index (χ0) is 20.8. The molecule has 0 fully saturated rings. The third-order valence-electron chi connectivity index (χ3n) is 4.56. The molecule has 0 aliphatic carbocycles. The van der Waals surface area contributed by atoms with E-state index in [1.165, 1.54) is 5.56 Å². The molecule has 0 atom stereocenters. The molecule has 1 amide bonds. The van der Waals surface area contributed by atoms with Gasteiger partial charge in [-0.1, -0.05) is 52.8 Å². The van der Waals surface area contributed by atoms with Gasteiger partial charge < -0.3 is 14.8 Å². The first-order chi connectivity index (χ1) is 13.1. The number of anilines is 1. The van der Waals surface area contributed by atoms with Gasteiger partial charge >= 0.3 is 0 Å². The van der Waals surface area contributed by atoms with Gasteiger partial charge in [-0.15, -0.1) is 0 Å². The summed E-state index contributed by atoms with van der Waals surface area (Å²) in [5.74, 6) is 1.41. The molecule has 4 heteroatoms. The number of nitrogens with one attached hydrogen (secondary N) is 1. The van der Waals surface area contributed by atoms with Crippen LogP contribution in [-0.2, 0) is 10.2 Å². The summed E-state index contributed by atoms with van der Waals surface area (Å²) in [6.07, 6.45) is 1.39. The minimum Gasteiger partial charge on any atom is -0.497 e. The monoisotopic (exact) mass is 383 g/mol. The molecule has 2 aromatic carbocycles. The summed E-state index contributed by atoms with van der Waals surface area (Å²) in [5.41, 5.74) is 2.39. The molecule has 0 heterocycles. The largest absolute Gasteiger partial charge is 0.497 e. The Morgan fingerprint density at radius 1 is 0.964 bits per heavy atom. The summed E-state index contributed by atoms with van der Waals surface area (Å²) < 4.78 is 10.9. The van der Waals surface area contributed by atoms with Gasteiger partial charge in [-0.05, 0) is 47.1 Å². The number of amides is 1. The maximum atomic E-state index is 12.1. The van der Waals surface area contributed by atoms with E-state index in [2.05, 4.69) is 52.1 Å². The van der Waals surface area contributed by atoms with E-state index in [0.717, 1.165) is 17.9 Å². The van der Waals surface area contributed by atoms with E-state index in [0.29, 0.717) is 12.4 Å². The second-order valence-electron chi connectivity index (χ2n) is 9.02. The van der Waals surface area contributed by atoms with Gasteiger partial charge in [-0.25, -0.2) is 0 Å². The number of ether oxygens (including phenoxy) is 2. The Bertz CT molecular complexity index is 773. The summed E-state index contributed by atoms with van der Waals surface area (Å²) >= 11 is 0. The van der Waals surface area contributed by atoms with Crippen molar-refractivity contribution in [1.29, 1.82) is 0 Å². The quantitative estimate of drug-likeness (QED) is 0.625. The van der Waals surface area contributed by atoms with Crippen LogP contribution in [0.1, 0.15) is 53.0 Å². The lowest BCUT2D eigenvalue weighted by Gasteiger charge is -2.33. The summed E-state index contributed by atoms with van der Waals surface area (Å²) in [7, 11) is 1.60. The average Bonchev–Trinajstić information content (AvgIpc) is 2.60. The summed E-state index contributed by atoms with van der Waals surface area (Å²) in [6.45, 7) is 11.7. The highest BCUT2D eigenvalue weighted by Crippen LogP contribution is 2.36. The van der Waals surface area contributed by atoms with Crippen LogP contribution in [0.3, 0.4) is 0 Å². The Morgan fingerprint density at radius 3 is 2.25 bits per heavy atom. The van der Waals surface area contributed by atoms with Crippen molar-refractivity contribution in [1.82, 2.24) is 0 Å². The molecule has 0 saturated heterocycles. The molecular weight excluding hydrogens is 350 g/mol. The Hall–Kier alpha value is -2.49. The molecule has 2 rings (SSSR count). The number of methoxy groups -OCH3 is 1. The predicted molar refractivity (Wildman–Crippen MR) is 115 cm³/mol. The van der Waals surface area contributed by atoms with E-state index in [-0.39, 0.29) is 23.2 Å². The highest BCUT2D eigenvalue weighted by molar-refractivity contribution is 5.90. The summed E-state index contributed by atoms with van der Waals surface area (Å²) in [6, 6.07) is 15.5. The maximum absolute atomic E-state index is 12.1. The lowest BCUT2D eigenvalue weighted by molar-refractivity contribution is -0.116. The predicted octanol–water partition coefficient (Wildman–Crippen LogP) is 5.82. The number of rotatable bonds is 8. The lowest BCUT2D eigenvalue weighted by atomic mass is 9.72. The fourth-order valence-electron chi connectivity index (χ4n) is 3.62. The summed E-state index contributed by atoms with van der Waals surface area (Å²) in [4.78, 5) is 12.1. The highest BCUT2D eigenvalue weighted by Gasteiger charge is 2.27. The maximum Gasteiger partial charge on any atom is 0.227 e. The SMILES string of the molecule is COc1cccc(NC(=O)CCOc2ccc(C(C)(C)CC(C)(C)C)cc2)c1. The Labute approximate surface area is 169 Å². The fraction of sp³-hybridized carbons (Fsp3) is 0.458. The molecule has 0 bridgehead atoms. The van der Waals surface area contributed by atoms with Crippen LogP contribution < -0.4 is 14.8 Å². The van der Waals surface area contributed by atoms with Crippen molar-refractivity contribution < 1.29 is 14.3 Å². The fourth-order valence-corrected chi connectivity index (χ4v) is 3.62. The third kappa shape index (κ3) is 6.91. The van der Waals surface area contributed by atoms with Gasteiger partial charge in [0.25, 0.3) is 0 Å².